The summed E-state index contributed by atoms with van der Waals surface area (Å²) in [5.74, 6) is 0.158. The number of carbonyl (C=O) groups is 1. The van der Waals surface area contributed by atoms with Crippen LogP contribution in [0.1, 0.15) is 11.4 Å². The normalized spacial score (nSPS) is 10.1. The predicted octanol–water partition coefficient (Wildman–Crippen LogP) is 2.06. The van der Waals surface area contributed by atoms with Gasteiger partial charge in [-0.05, 0) is 11.6 Å². The van der Waals surface area contributed by atoms with Gasteiger partial charge in [0.15, 0.2) is 5.82 Å². The Morgan fingerprint density at radius 1 is 1.32 bits per heavy atom. The first-order chi connectivity index (χ1) is 13.6. The summed E-state index contributed by atoms with van der Waals surface area (Å²) in [5, 5.41) is 8.86. The van der Waals surface area contributed by atoms with Crippen LogP contribution in [0.3, 0.4) is 0 Å². The highest BCUT2D eigenvalue weighted by Gasteiger charge is 2.19. The molecule has 0 radical (unpaired) electrons. The number of azide groups is 1. The van der Waals surface area contributed by atoms with Crippen molar-refractivity contribution in [2.75, 3.05) is 11.1 Å². The van der Waals surface area contributed by atoms with Crippen molar-refractivity contribution in [3.8, 4) is 11.5 Å². The van der Waals surface area contributed by atoms with E-state index in [0.29, 0.717) is 11.4 Å². The van der Waals surface area contributed by atoms with Gasteiger partial charge in [-0.2, -0.15) is 4.98 Å². The Kier molecular flexibility index (Phi) is 5.48. The van der Waals surface area contributed by atoms with Gasteiger partial charge in [0.2, 0.25) is 11.8 Å². The second-order valence-corrected chi connectivity index (χ2v) is 5.21. The number of anilines is 3. The Hall–Kier alpha value is -4.38. The van der Waals surface area contributed by atoms with Crippen molar-refractivity contribution < 1.29 is 13.6 Å². The molecule has 0 spiro atoms. The molecule has 13 heteroatoms. The maximum absolute atomic E-state index is 11.2. The van der Waals surface area contributed by atoms with Gasteiger partial charge in [0.1, 0.15) is 35.9 Å². The molecule has 3 rings (SSSR count). The first-order valence-corrected chi connectivity index (χ1v) is 7.78. The summed E-state index contributed by atoms with van der Waals surface area (Å²) in [6.07, 6.45) is 5.12. The van der Waals surface area contributed by atoms with E-state index < -0.39 is 0 Å². The smallest absolute Gasteiger partial charge is 0.300 e. The minimum Gasteiger partial charge on any atom is -0.444 e. The maximum atomic E-state index is 11.2. The minimum absolute atomic E-state index is 0.0237. The number of nitrogens with one attached hydrogen (secondary N) is 2. The highest BCUT2D eigenvalue weighted by Crippen LogP contribution is 2.31. The van der Waals surface area contributed by atoms with Gasteiger partial charge in [0, 0.05) is 4.91 Å². The topological polar surface area (TPSA) is 194 Å². The van der Waals surface area contributed by atoms with Gasteiger partial charge in [0.25, 0.3) is 0 Å². The van der Waals surface area contributed by atoms with Crippen LogP contribution in [0.25, 0.3) is 21.9 Å². The average molecular weight is 382 g/mol. The van der Waals surface area contributed by atoms with E-state index in [0.717, 1.165) is 6.08 Å². The molecule has 3 heterocycles. The molecule has 0 aliphatic carbocycles. The lowest BCUT2D eigenvalue weighted by Gasteiger charge is -2.07. The lowest BCUT2D eigenvalue weighted by Crippen LogP contribution is -2.20. The van der Waals surface area contributed by atoms with Crippen molar-refractivity contribution in [3.05, 3.63) is 53.3 Å². The van der Waals surface area contributed by atoms with E-state index in [9.17, 15) is 4.79 Å². The lowest BCUT2D eigenvalue weighted by atomic mass is 10.2. The molecule has 142 valence electrons. The molecule has 3 aromatic heterocycles. The number of oxazole rings is 2. The molecule has 0 unspecified atom stereocenters. The first-order valence-electron chi connectivity index (χ1n) is 7.78. The number of hydrogen-bond acceptors (Lipinski definition) is 10. The van der Waals surface area contributed by atoms with Gasteiger partial charge in [-0.3, -0.25) is 10.1 Å². The van der Waals surface area contributed by atoms with Crippen molar-refractivity contribution in [1.82, 2.24) is 25.3 Å². The third-order valence-electron chi connectivity index (χ3n) is 3.34. The Morgan fingerprint density at radius 2 is 2.14 bits per heavy atom. The average Bonchev–Trinajstić information content (AvgIpc) is 3.34. The van der Waals surface area contributed by atoms with Gasteiger partial charge in [0.05, 0.1) is 18.8 Å². The molecule has 28 heavy (non-hydrogen) atoms. The summed E-state index contributed by atoms with van der Waals surface area (Å²) in [4.78, 5) is 30.3. The van der Waals surface area contributed by atoms with Crippen LogP contribution < -0.4 is 16.4 Å². The quantitative estimate of drug-likeness (QED) is 0.226. The molecule has 1 amide bonds. The number of nitrogens with two attached hydrogens (primary N) is 1. The summed E-state index contributed by atoms with van der Waals surface area (Å²) in [6.45, 7) is 3.55. The van der Waals surface area contributed by atoms with Crippen molar-refractivity contribution in [2.45, 2.75) is 13.1 Å². The predicted molar refractivity (Wildman–Crippen MR) is 96.6 cm³/mol. The maximum Gasteiger partial charge on any atom is 0.300 e. The monoisotopic (exact) mass is 382 g/mol. The van der Waals surface area contributed by atoms with Crippen LogP contribution in [0.2, 0.25) is 0 Å². The molecule has 4 N–H and O–H groups in total. The second kappa shape index (κ2) is 8.33. The van der Waals surface area contributed by atoms with Gasteiger partial charge in [-0.1, -0.05) is 11.7 Å². The molecule has 0 aliphatic heterocycles. The molecule has 0 aromatic carbocycles. The summed E-state index contributed by atoms with van der Waals surface area (Å²) >= 11 is 0. The molecular weight excluding hydrogens is 368 g/mol. The van der Waals surface area contributed by atoms with Crippen LogP contribution >= 0.6 is 0 Å². The summed E-state index contributed by atoms with van der Waals surface area (Å²) < 4.78 is 10.7. The van der Waals surface area contributed by atoms with Crippen molar-refractivity contribution in [1.29, 1.82) is 0 Å². The number of carbonyl (C=O) groups excluding carboxylic acids is 1. The van der Waals surface area contributed by atoms with Crippen LogP contribution in [-0.2, 0) is 17.9 Å². The van der Waals surface area contributed by atoms with E-state index >= 15 is 0 Å². The molecule has 0 fully saturated rings. The first kappa shape index (κ1) is 18.4. The Labute approximate surface area is 157 Å². The molecule has 0 saturated heterocycles. The fraction of sp³-hybridized carbons (Fsp3) is 0.133. The van der Waals surface area contributed by atoms with E-state index in [1.165, 1.54) is 18.9 Å². The van der Waals surface area contributed by atoms with Crippen LogP contribution in [-0.4, -0.2) is 25.8 Å². The zero-order valence-electron chi connectivity index (χ0n) is 14.4. The summed E-state index contributed by atoms with van der Waals surface area (Å²) in [7, 11) is 0. The van der Waals surface area contributed by atoms with Gasteiger partial charge >= 0.3 is 6.01 Å². The molecule has 0 atom stereocenters. The molecule has 13 nitrogen and oxygen atoms in total. The molecule has 0 saturated carbocycles. The lowest BCUT2D eigenvalue weighted by molar-refractivity contribution is -0.116. The number of aromatic nitrogens is 4. The van der Waals surface area contributed by atoms with Gasteiger partial charge in [-0.25, -0.2) is 15.0 Å². The molecule has 3 aromatic rings. The largest absolute Gasteiger partial charge is 0.444 e. The van der Waals surface area contributed by atoms with Crippen molar-refractivity contribution in [2.24, 2.45) is 5.11 Å². The molecular formula is C15H14N10O3. The van der Waals surface area contributed by atoms with Gasteiger partial charge < -0.3 is 19.9 Å². The minimum atomic E-state index is -0.330. The Bertz CT molecular complexity index is 1050. The number of hydrogen-bond donors (Lipinski definition) is 3. The zero-order chi connectivity index (χ0) is 19.9. The van der Waals surface area contributed by atoms with Crippen LogP contribution in [0.5, 0.6) is 0 Å². The van der Waals surface area contributed by atoms with Crippen LogP contribution in [0, 0.1) is 0 Å². The third kappa shape index (κ3) is 4.23. The van der Waals surface area contributed by atoms with E-state index in [1.54, 1.807) is 0 Å². The van der Waals surface area contributed by atoms with E-state index in [4.69, 9.17) is 20.1 Å². The van der Waals surface area contributed by atoms with E-state index in [1.807, 2.05) is 0 Å². The third-order valence-corrected chi connectivity index (χ3v) is 3.34. The van der Waals surface area contributed by atoms with E-state index in [2.05, 4.69) is 47.2 Å². The van der Waals surface area contributed by atoms with Crippen molar-refractivity contribution >= 4 is 23.6 Å². The highest BCUT2D eigenvalue weighted by atomic mass is 16.4. The number of nitrogen functional groups attached to an aromatic ring is 1. The zero-order valence-corrected chi connectivity index (χ0v) is 14.4. The fourth-order valence-corrected chi connectivity index (χ4v) is 2.10. The van der Waals surface area contributed by atoms with Crippen molar-refractivity contribution in [3.63, 3.8) is 0 Å². The fourth-order valence-electron chi connectivity index (χ4n) is 2.10. The molecule has 0 bridgehead atoms. The summed E-state index contributed by atoms with van der Waals surface area (Å²) in [6, 6.07) is 0.114. The SMILES string of the molecule is C=CC(=O)NCc1coc(Nc2ncnc(N)c2-c2nc(CN=[N+]=[N-])co2)n1. The number of amides is 1. The second-order valence-electron chi connectivity index (χ2n) is 5.21. The van der Waals surface area contributed by atoms with Crippen LogP contribution in [0.4, 0.5) is 17.7 Å². The Balaban J connectivity index is 1.82. The standard InChI is InChI=1S/C15H14N10O3/c1-2-10(26)18-3-8-6-28-15(23-8)24-13-11(12(16)19-7-20-13)14-22-9(5-27-14)4-21-25-17/h2,5-7H,1,3-4H2,(H,18,26)(H3,16,19,20,23,24). The number of rotatable bonds is 8. The van der Waals surface area contributed by atoms with E-state index in [-0.39, 0.29) is 48.1 Å². The molecule has 0 aliphatic rings. The Morgan fingerprint density at radius 3 is 2.93 bits per heavy atom. The summed E-state index contributed by atoms with van der Waals surface area (Å²) in [5.41, 5.74) is 15.5. The number of nitrogens with zero attached hydrogens (tertiary/aromatic N) is 7. The van der Waals surface area contributed by atoms with Gasteiger partial charge in [-0.15, -0.1) is 0 Å². The van der Waals surface area contributed by atoms with Crippen LogP contribution in [0.15, 0.2) is 45.5 Å². The highest BCUT2D eigenvalue weighted by molar-refractivity contribution is 5.86.